The van der Waals surface area contributed by atoms with Gasteiger partial charge in [-0.2, -0.15) is 0 Å². The minimum atomic E-state index is 0.133. The van der Waals surface area contributed by atoms with Crippen LogP contribution in [0, 0.1) is 0 Å². The Morgan fingerprint density at radius 2 is 1.80 bits per heavy atom. The van der Waals surface area contributed by atoms with Gasteiger partial charge in [-0.25, -0.2) is 0 Å². The van der Waals surface area contributed by atoms with E-state index in [9.17, 15) is 4.79 Å². The van der Waals surface area contributed by atoms with E-state index in [2.05, 4.69) is 36.1 Å². The zero-order chi connectivity index (χ0) is 21.3. The van der Waals surface area contributed by atoms with Crippen LogP contribution in [0.4, 0.5) is 5.69 Å². The third kappa shape index (κ3) is 5.21. The largest absolute Gasteiger partial charge is 0.396 e. The van der Waals surface area contributed by atoms with Crippen molar-refractivity contribution in [2.45, 2.75) is 39.2 Å². The number of nitrogens with two attached hydrogens (primary N) is 1. The molecule has 0 aliphatic carbocycles. The lowest BCUT2D eigenvalue weighted by molar-refractivity contribution is -0.118. The molecule has 5 nitrogen and oxygen atoms in total. The van der Waals surface area contributed by atoms with Gasteiger partial charge < -0.3 is 16.0 Å². The fourth-order valence-corrected chi connectivity index (χ4v) is 4.19. The number of anilines is 1. The Morgan fingerprint density at radius 1 is 1.07 bits per heavy atom. The van der Waals surface area contributed by atoms with Gasteiger partial charge in [0, 0.05) is 24.1 Å². The van der Waals surface area contributed by atoms with Crippen molar-refractivity contribution < 1.29 is 4.79 Å². The summed E-state index contributed by atoms with van der Waals surface area (Å²) >= 11 is 0. The Hall–Kier alpha value is -2.36. The fourth-order valence-electron chi connectivity index (χ4n) is 3.77. The highest BCUT2D eigenvalue weighted by atomic mass is 31.1. The zero-order valence-corrected chi connectivity index (χ0v) is 19.0. The Balaban J connectivity index is 2.02. The first-order chi connectivity index (χ1) is 14.7. The molecule has 1 aliphatic rings. The fraction of sp³-hybridized carbons (Fsp3) is 0.375. The monoisotopic (exact) mass is 424 g/mol. The van der Waals surface area contributed by atoms with Gasteiger partial charge in [0.05, 0.1) is 23.6 Å². The van der Waals surface area contributed by atoms with Crippen LogP contribution in [0.5, 0.6) is 0 Å². The molecule has 30 heavy (non-hydrogen) atoms. The van der Waals surface area contributed by atoms with E-state index in [0.29, 0.717) is 27.4 Å². The predicted octanol–water partition coefficient (Wildman–Crippen LogP) is 4.30. The number of hydrogen-bond acceptors (Lipinski definition) is 4. The molecule has 0 saturated heterocycles. The lowest BCUT2D eigenvalue weighted by atomic mass is 9.95. The van der Waals surface area contributed by atoms with Crippen molar-refractivity contribution in [2.75, 3.05) is 24.7 Å². The molecule has 1 atom stereocenters. The average Bonchev–Trinajstić information content (AvgIpc) is 2.77. The summed E-state index contributed by atoms with van der Waals surface area (Å²) in [4.78, 5) is 15.1. The normalized spacial score (nSPS) is 16.1. The van der Waals surface area contributed by atoms with Crippen LogP contribution in [0.25, 0.3) is 11.4 Å². The smallest absolute Gasteiger partial charge is 0.227 e. The van der Waals surface area contributed by atoms with E-state index in [4.69, 9.17) is 5.73 Å². The van der Waals surface area contributed by atoms with Crippen molar-refractivity contribution in [1.82, 2.24) is 10.4 Å². The molecule has 0 aromatic heterocycles. The van der Waals surface area contributed by atoms with Crippen LogP contribution in [-0.4, -0.2) is 25.7 Å². The molecule has 160 valence electrons. The molecular weight excluding hydrogens is 391 g/mol. The molecule has 4 N–H and O–H groups in total. The highest BCUT2D eigenvalue weighted by molar-refractivity contribution is 7.34. The highest BCUT2D eigenvalue weighted by Crippen LogP contribution is 2.34. The standard InChI is InChI=1S/C24H33N4OP/c1-3-4-15-26-24-19-11-6-5-10-18(19)17-28(22(29)14-9-16-27-30-2)21-13-8-7-12-20(21)23(24)25/h5-8,10-13,26-27,30H,3-4,9,14-17,25H2,1-2H3/b24-23-. The summed E-state index contributed by atoms with van der Waals surface area (Å²) in [5.41, 5.74) is 12.4. The van der Waals surface area contributed by atoms with Crippen molar-refractivity contribution in [3.63, 3.8) is 0 Å². The molecule has 1 aliphatic heterocycles. The number of para-hydroxylation sites is 1. The van der Waals surface area contributed by atoms with Gasteiger partial charge in [-0.3, -0.25) is 9.88 Å². The molecule has 6 heteroatoms. The van der Waals surface area contributed by atoms with Gasteiger partial charge in [-0.05, 0) is 37.7 Å². The maximum atomic E-state index is 13.2. The number of carbonyl (C=O) groups excluding carboxylic acids is 1. The van der Waals surface area contributed by atoms with E-state index in [1.54, 1.807) is 0 Å². The molecule has 0 spiro atoms. The van der Waals surface area contributed by atoms with Gasteiger partial charge in [-0.1, -0.05) is 64.5 Å². The van der Waals surface area contributed by atoms with Crippen LogP contribution < -0.4 is 21.0 Å². The number of benzene rings is 2. The molecule has 0 bridgehead atoms. The van der Waals surface area contributed by atoms with Crippen LogP contribution in [0.15, 0.2) is 48.5 Å². The zero-order valence-electron chi connectivity index (χ0n) is 18.0. The number of fused-ring (bicyclic) bond motifs is 2. The summed E-state index contributed by atoms with van der Waals surface area (Å²) in [5, 5.41) is 6.90. The second-order valence-electron chi connectivity index (χ2n) is 7.50. The molecule has 2 aromatic rings. The number of nitrogens with zero attached hydrogens (tertiary/aromatic N) is 1. The number of unbranched alkanes of at least 4 members (excludes halogenated alkanes) is 1. The molecule has 1 heterocycles. The van der Waals surface area contributed by atoms with Crippen LogP contribution in [0.3, 0.4) is 0 Å². The molecule has 1 amide bonds. The minimum Gasteiger partial charge on any atom is -0.396 e. The quantitative estimate of drug-likeness (QED) is 0.415. The number of carbonyl (C=O) groups is 1. The summed E-state index contributed by atoms with van der Waals surface area (Å²) in [5.74, 6) is 0.133. The first kappa shape index (κ1) is 22.3. The van der Waals surface area contributed by atoms with Crippen LogP contribution in [0.2, 0.25) is 0 Å². The van der Waals surface area contributed by atoms with Gasteiger partial charge >= 0.3 is 0 Å². The summed E-state index contributed by atoms with van der Waals surface area (Å²) in [7, 11) is 0.700. The number of rotatable bonds is 9. The van der Waals surface area contributed by atoms with Crippen molar-refractivity contribution in [1.29, 1.82) is 0 Å². The van der Waals surface area contributed by atoms with E-state index in [1.807, 2.05) is 41.3 Å². The van der Waals surface area contributed by atoms with Crippen LogP contribution in [0.1, 0.15) is 49.3 Å². The van der Waals surface area contributed by atoms with E-state index < -0.39 is 0 Å². The molecule has 0 radical (unpaired) electrons. The topological polar surface area (TPSA) is 70.4 Å². The summed E-state index contributed by atoms with van der Waals surface area (Å²) < 4.78 is 0. The molecular formula is C24H33N4OP. The van der Waals surface area contributed by atoms with Crippen molar-refractivity contribution in [3.05, 3.63) is 65.2 Å². The second kappa shape index (κ2) is 11.1. The van der Waals surface area contributed by atoms with Crippen molar-refractivity contribution in [2.24, 2.45) is 5.73 Å². The Morgan fingerprint density at radius 3 is 2.57 bits per heavy atom. The van der Waals surface area contributed by atoms with Crippen molar-refractivity contribution in [3.8, 4) is 0 Å². The lowest BCUT2D eigenvalue weighted by Crippen LogP contribution is -2.34. The molecule has 3 rings (SSSR count). The van der Waals surface area contributed by atoms with E-state index in [-0.39, 0.29) is 5.91 Å². The summed E-state index contributed by atoms with van der Waals surface area (Å²) in [6.45, 7) is 6.56. The maximum Gasteiger partial charge on any atom is 0.227 e. The van der Waals surface area contributed by atoms with Crippen LogP contribution in [-0.2, 0) is 11.3 Å². The van der Waals surface area contributed by atoms with Gasteiger partial charge in [-0.15, -0.1) is 0 Å². The Bertz CT molecular complexity index is 896. The molecule has 0 fully saturated rings. The second-order valence-corrected chi connectivity index (χ2v) is 8.36. The summed E-state index contributed by atoms with van der Waals surface area (Å²) in [6.07, 6.45) is 3.54. The van der Waals surface area contributed by atoms with Gasteiger partial charge in [0.25, 0.3) is 0 Å². The summed E-state index contributed by atoms with van der Waals surface area (Å²) in [6, 6.07) is 16.2. The van der Waals surface area contributed by atoms with Crippen molar-refractivity contribution >= 4 is 31.7 Å². The third-order valence-electron chi connectivity index (χ3n) is 5.37. The average molecular weight is 425 g/mol. The van der Waals surface area contributed by atoms with E-state index >= 15 is 0 Å². The van der Waals surface area contributed by atoms with Crippen LogP contribution >= 0.6 is 8.73 Å². The Kier molecular flexibility index (Phi) is 8.30. The van der Waals surface area contributed by atoms with Gasteiger partial charge in [0.2, 0.25) is 5.91 Å². The van der Waals surface area contributed by atoms with E-state index in [0.717, 1.165) is 60.4 Å². The molecule has 2 aromatic carbocycles. The maximum absolute atomic E-state index is 13.2. The van der Waals surface area contributed by atoms with Gasteiger partial charge in [0.15, 0.2) is 0 Å². The number of hydrogen-bond donors (Lipinski definition) is 3. The molecule has 1 unspecified atom stereocenters. The SMILES string of the molecule is CCCCN/C1=C(\N)c2ccccc2N(C(=O)CCCNPC)Cc2ccccc21. The number of nitrogens with one attached hydrogen (secondary N) is 2. The predicted molar refractivity (Wildman–Crippen MR) is 129 cm³/mol. The number of amides is 1. The molecule has 0 saturated carbocycles. The highest BCUT2D eigenvalue weighted by Gasteiger charge is 2.25. The van der Waals surface area contributed by atoms with E-state index in [1.165, 1.54) is 0 Å². The minimum absolute atomic E-state index is 0.133. The Labute approximate surface area is 182 Å². The van der Waals surface area contributed by atoms with Gasteiger partial charge in [0.1, 0.15) is 0 Å². The third-order valence-corrected chi connectivity index (χ3v) is 5.98. The first-order valence-electron chi connectivity index (χ1n) is 10.8. The lowest BCUT2D eigenvalue weighted by Gasteiger charge is -2.30. The first-order valence-corrected chi connectivity index (χ1v) is 12.3.